The molecule has 2 heterocycles. The third-order valence-electron chi connectivity index (χ3n) is 4.53. The molecule has 0 saturated carbocycles. The molecular weight excluding hydrogens is 278 g/mol. The molecule has 116 valence electrons. The second-order valence-electron chi connectivity index (χ2n) is 5.82. The number of piperidine rings is 1. The highest BCUT2D eigenvalue weighted by atomic mass is 35.5. The van der Waals surface area contributed by atoms with Gasteiger partial charge in [-0.25, -0.2) is 0 Å². The van der Waals surface area contributed by atoms with Gasteiger partial charge in [0.25, 0.3) is 0 Å². The Hall–Kier alpha value is -0.810. The summed E-state index contributed by atoms with van der Waals surface area (Å²) in [7, 11) is 0. The van der Waals surface area contributed by atoms with Crippen LogP contribution in [0.4, 0.5) is 0 Å². The molecule has 1 N–H and O–H groups in total. The molecule has 2 saturated heterocycles. The van der Waals surface area contributed by atoms with E-state index in [9.17, 15) is 9.59 Å². The van der Waals surface area contributed by atoms with Crippen LogP contribution in [0.15, 0.2) is 0 Å². The normalized spacial score (nSPS) is 30.6. The number of likely N-dealkylation sites (tertiary alicyclic amines) is 1. The first-order chi connectivity index (χ1) is 9.00. The van der Waals surface area contributed by atoms with Crippen molar-refractivity contribution in [3.8, 4) is 0 Å². The molecule has 2 aliphatic rings. The van der Waals surface area contributed by atoms with Crippen LogP contribution >= 0.6 is 12.4 Å². The molecule has 0 aromatic carbocycles. The molecule has 0 aromatic rings. The SMILES string of the molecule is CC(=O)N1CCCC(C(=O)N2CCNC(C)C2C)C1.Cl. The second-order valence-corrected chi connectivity index (χ2v) is 5.82. The van der Waals surface area contributed by atoms with Gasteiger partial charge in [0.2, 0.25) is 11.8 Å². The molecule has 0 bridgehead atoms. The monoisotopic (exact) mass is 303 g/mol. The van der Waals surface area contributed by atoms with Crippen LogP contribution in [0.25, 0.3) is 0 Å². The Morgan fingerprint density at radius 1 is 1.20 bits per heavy atom. The zero-order valence-electron chi connectivity index (χ0n) is 12.6. The third-order valence-corrected chi connectivity index (χ3v) is 4.53. The lowest BCUT2D eigenvalue weighted by molar-refractivity contribution is -0.143. The number of rotatable bonds is 1. The van der Waals surface area contributed by atoms with Crippen molar-refractivity contribution < 1.29 is 9.59 Å². The number of nitrogens with one attached hydrogen (secondary N) is 1. The largest absolute Gasteiger partial charge is 0.342 e. The molecule has 0 radical (unpaired) electrons. The summed E-state index contributed by atoms with van der Waals surface area (Å²) in [6.07, 6.45) is 1.85. The fourth-order valence-corrected chi connectivity index (χ4v) is 3.07. The zero-order chi connectivity index (χ0) is 14.0. The molecule has 2 fully saturated rings. The average molecular weight is 304 g/mol. The van der Waals surface area contributed by atoms with Crippen molar-refractivity contribution in [1.82, 2.24) is 15.1 Å². The first-order valence-electron chi connectivity index (χ1n) is 7.30. The van der Waals surface area contributed by atoms with E-state index in [1.54, 1.807) is 6.92 Å². The predicted molar refractivity (Wildman–Crippen MR) is 80.9 cm³/mol. The van der Waals surface area contributed by atoms with Crippen LogP contribution in [0, 0.1) is 5.92 Å². The lowest BCUT2D eigenvalue weighted by Gasteiger charge is -2.42. The minimum Gasteiger partial charge on any atom is -0.342 e. The van der Waals surface area contributed by atoms with Gasteiger partial charge in [-0.1, -0.05) is 0 Å². The molecule has 5 nitrogen and oxygen atoms in total. The van der Waals surface area contributed by atoms with Gasteiger partial charge < -0.3 is 15.1 Å². The molecule has 0 aliphatic carbocycles. The summed E-state index contributed by atoms with van der Waals surface area (Å²) in [5.41, 5.74) is 0. The van der Waals surface area contributed by atoms with E-state index < -0.39 is 0 Å². The summed E-state index contributed by atoms with van der Waals surface area (Å²) < 4.78 is 0. The number of carbonyl (C=O) groups is 2. The minimum absolute atomic E-state index is 0. The molecule has 2 amide bonds. The van der Waals surface area contributed by atoms with E-state index in [1.807, 2.05) is 9.80 Å². The molecule has 20 heavy (non-hydrogen) atoms. The van der Waals surface area contributed by atoms with E-state index in [1.165, 1.54) is 0 Å². The van der Waals surface area contributed by atoms with Crippen molar-refractivity contribution in [3.63, 3.8) is 0 Å². The zero-order valence-corrected chi connectivity index (χ0v) is 13.4. The fourth-order valence-electron chi connectivity index (χ4n) is 3.07. The van der Waals surface area contributed by atoms with Crippen LogP contribution in [0.1, 0.15) is 33.6 Å². The smallest absolute Gasteiger partial charge is 0.227 e. The number of hydrogen-bond donors (Lipinski definition) is 1. The first kappa shape index (κ1) is 17.2. The lowest BCUT2D eigenvalue weighted by atomic mass is 9.94. The van der Waals surface area contributed by atoms with Crippen LogP contribution in [-0.4, -0.2) is 59.9 Å². The maximum Gasteiger partial charge on any atom is 0.227 e. The number of piperazine rings is 1. The van der Waals surface area contributed by atoms with Crippen molar-refractivity contribution >= 4 is 24.2 Å². The first-order valence-corrected chi connectivity index (χ1v) is 7.30. The Labute approximate surface area is 127 Å². The topological polar surface area (TPSA) is 52.7 Å². The van der Waals surface area contributed by atoms with Crippen molar-refractivity contribution in [2.24, 2.45) is 5.92 Å². The standard InChI is InChI=1S/C14H25N3O2.ClH/c1-10-11(2)17(8-6-15-10)14(19)13-5-4-7-16(9-13)12(3)18;/h10-11,13,15H,4-9H2,1-3H3;1H. The number of nitrogens with zero attached hydrogens (tertiary/aromatic N) is 2. The molecule has 2 aliphatic heterocycles. The fraction of sp³-hybridized carbons (Fsp3) is 0.857. The summed E-state index contributed by atoms with van der Waals surface area (Å²) in [5.74, 6) is 0.302. The Bertz CT molecular complexity index is 364. The highest BCUT2D eigenvalue weighted by Crippen LogP contribution is 2.21. The summed E-state index contributed by atoms with van der Waals surface area (Å²) >= 11 is 0. The van der Waals surface area contributed by atoms with Gasteiger partial charge in [-0.15, -0.1) is 12.4 Å². The number of carbonyl (C=O) groups excluding carboxylic acids is 2. The van der Waals surface area contributed by atoms with Crippen molar-refractivity contribution in [3.05, 3.63) is 0 Å². The van der Waals surface area contributed by atoms with Gasteiger partial charge in [-0.3, -0.25) is 9.59 Å². The quantitative estimate of drug-likeness (QED) is 0.782. The van der Waals surface area contributed by atoms with Gasteiger partial charge in [-0.05, 0) is 26.7 Å². The average Bonchev–Trinajstić information content (AvgIpc) is 2.41. The molecule has 0 spiro atoms. The van der Waals surface area contributed by atoms with Crippen LogP contribution in [0.5, 0.6) is 0 Å². The van der Waals surface area contributed by atoms with E-state index in [0.717, 1.165) is 32.5 Å². The summed E-state index contributed by atoms with van der Waals surface area (Å²) in [5, 5.41) is 3.39. The maximum atomic E-state index is 12.6. The molecule has 0 aromatic heterocycles. The maximum absolute atomic E-state index is 12.6. The summed E-state index contributed by atoms with van der Waals surface area (Å²) in [6, 6.07) is 0.569. The number of hydrogen-bond acceptors (Lipinski definition) is 3. The minimum atomic E-state index is -0.00889. The van der Waals surface area contributed by atoms with Crippen molar-refractivity contribution in [1.29, 1.82) is 0 Å². The number of amides is 2. The van der Waals surface area contributed by atoms with E-state index in [-0.39, 0.29) is 36.2 Å². The second kappa shape index (κ2) is 7.27. The number of halogens is 1. The third kappa shape index (κ3) is 3.64. The predicted octanol–water partition coefficient (Wildman–Crippen LogP) is 0.876. The summed E-state index contributed by atoms with van der Waals surface area (Å²) in [4.78, 5) is 27.9. The van der Waals surface area contributed by atoms with E-state index in [0.29, 0.717) is 12.6 Å². The molecule has 6 heteroatoms. The van der Waals surface area contributed by atoms with Gasteiger partial charge in [0, 0.05) is 45.2 Å². The van der Waals surface area contributed by atoms with Crippen molar-refractivity contribution in [2.75, 3.05) is 26.2 Å². The van der Waals surface area contributed by atoms with Crippen LogP contribution in [-0.2, 0) is 9.59 Å². The van der Waals surface area contributed by atoms with Gasteiger partial charge in [0.15, 0.2) is 0 Å². The van der Waals surface area contributed by atoms with Gasteiger partial charge in [-0.2, -0.15) is 0 Å². The van der Waals surface area contributed by atoms with Gasteiger partial charge in [0.05, 0.1) is 5.92 Å². The Morgan fingerprint density at radius 2 is 1.90 bits per heavy atom. The van der Waals surface area contributed by atoms with E-state index in [4.69, 9.17) is 0 Å². The van der Waals surface area contributed by atoms with E-state index >= 15 is 0 Å². The Morgan fingerprint density at radius 3 is 2.55 bits per heavy atom. The molecule has 3 atom stereocenters. The molecule has 3 unspecified atom stereocenters. The Balaban J connectivity index is 0.00000200. The molecular formula is C14H26ClN3O2. The van der Waals surface area contributed by atoms with Crippen LogP contribution in [0.3, 0.4) is 0 Å². The van der Waals surface area contributed by atoms with Crippen molar-refractivity contribution in [2.45, 2.75) is 45.7 Å². The van der Waals surface area contributed by atoms with E-state index in [2.05, 4.69) is 19.2 Å². The molecule has 2 rings (SSSR count). The highest BCUT2D eigenvalue weighted by Gasteiger charge is 2.34. The summed E-state index contributed by atoms with van der Waals surface area (Å²) in [6.45, 7) is 8.84. The highest BCUT2D eigenvalue weighted by molar-refractivity contribution is 5.85. The van der Waals surface area contributed by atoms with Crippen LogP contribution in [0.2, 0.25) is 0 Å². The Kier molecular flexibility index (Phi) is 6.27. The van der Waals surface area contributed by atoms with Gasteiger partial charge >= 0.3 is 0 Å². The van der Waals surface area contributed by atoms with Gasteiger partial charge in [0.1, 0.15) is 0 Å². The lowest BCUT2D eigenvalue weighted by Crippen LogP contribution is -2.59. The van der Waals surface area contributed by atoms with Crippen LogP contribution < -0.4 is 5.32 Å².